The Morgan fingerprint density at radius 2 is 2.15 bits per heavy atom. The van der Waals surface area contributed by atoms with E-state index in [9.17, 15) is 4.79 Å². The van der Waals surface area contributed by atoms with Crippen molar-refractivity contribution in [1.29, 1.82) is 0 Å². The Morgan fingerprint density at radius 1 is 1.40 bits per heavy atom. The molecule has 0 aliphatic rings. The highest BCUT2D eigenvalue weighted by molar-refractivity contribution is 7.80. The number of nitrogens with two attached hydrogens (primary N) is 1. The van der Waals surface area contributed by atoms with E-state index in [1.165, 1.54) is 0 Å². The van der Waals surface area contributed by atoms with Gasteiger partial charge in [-0.2, -0.15) is 0 Å². The molecular formula is C14H15N3OS2. The topological polar surface area (TPSA) is 68.0 Å². The highest BCUT2D eigenvalue weighted by Gasteiger charge is 2.22. The predicted octanol–water partition coefficient (Wildman–Crippen LogP) is 1.87. The molecule has 1 heterocycles. The minimum atomic E-state index is -0.582. The zero-order valence-corrected chi connectivity index (χ0v) is 12.4. The molecule has 2 aromatic rings. The normalized spacial score (nSPS) is 11.8. The van der Waals surface area contributed by atoms with Crippen molar-refractivity contribution < 1.29 is 4.79 Å². The van der Waals surface area contributed by atoms with Crippen LogP contribution >= 0.6 is 23.6 Å². The first kappa shape index (κ1) is 14.6. The van der Waals surface area contributed by atoms with Crippen LogP contribution in [0.15, 0.2) is 41.2 Å². The maximum atomic E-state index is 12.2. The quantitative estimate of drug-likeness (QED) is 0.800. The first-order valence-electron chi connectivity index (χ1n) is 6.17. The number of rotatable bonds is 6. The second kappa shape index (κ2) is 7.12. The standard InChI is InChI=1S/C14H15N3OS2/c15-13(19)12(10-4-2-1-3-5-10)14(18)16-7-6-11-8-20-9-17-11/h1-5,8-9,12H,6-7H2,(H2,15,19)(H,16,18). The molecule has 0 aliphatic carbocycles. The van der Waals surface area contributed by atoms with Gasteiger partial charge in [0.25, 0.3) is 0 Å². The molecule has 104 valence electrons. The van der Waals surface area contributed by atoms with Gasteiger partial charge in [-0.3, -0.25) is 4.79 Å². The minimum absolute atomic E-state index is 0.168. The van der Waals surface area contributed by atoms with Gasteiger partial charge < -0.3 is 11.1 Å². The maximum Gasteiger partial charge on any atom is 0.234 e. The summed E-state index contributed by atoms with van der Waals surface area (Å²) < 4.78 is 0. The van der Waals surface area contributed by atoms with Gasteiger partial charge in [0.1, 0.15) is 5.92 Å². The molecule has 1 aromatic carbocycles. The van der Waals surface area contributed by atoms with Crippen LogP contribution in [-0.2, 0) is 11.2 Å². The molecule has 0 radical (unpaired) electrons. The third-order valence-corrected chi connectivity index (χ3v) is 3.71. The van der Waals surface area contributed by atoms with E-state index in [-0.39, 0.29) is 10.9 Å². The Morgan fingerprint density at radius 3 is 2.75 bits per heavy atom. The molecule has 20 heavy (non-hydrogen) atoms. The molecule has 0 bridgehead atoms. The van der Waals surface area contributed by atoms with E-state index in [4.69, 9.17) is 18.0 Å². The third-order valence-electron chi connectivity index (χ3n) is 2.84. The monoisotopic (exact) mass is 305 g/mol. The lowest BCUT2D eigenvalue weighted by molar-refractivity contribution is -0.121. The summed E-state index contributed by atoms with van der Waals surface area (Å²) in [6, 6.07) is 9.32. The van der Waals surface area contributed by atoms with Crippen molar-refractivity contribution in [1.82, 2.24) is 10.3 Å². The number of amides is 1. The Kier molecular flexibility index (Phi) is 5.20. The van der Waals surface area contributed by atoms with E-state index in [1.807, 2.05) is 35.7 Å². The van der Waals surface area contributed by atoms with Crippen molar-refractivity contribution in [2.75, 3.05) is 6.54 Å². The molecule has 0 saturated heterocycles. The average molecular weight is 305 g/mol. The minimum Gasteiger partial charge on any atom is -0.392 e. The number of hydrogen-bond donors (Lipinski definition) is 2. The fourth-order valence-corrected chi connectivity index (χ4v) is 2.70. The lowest BCUT2D eigenvalue weighted by Gasteiger charge is -2.15. The van der Waals surface area contributed by atoms with E-state index in [1.54, 1.807) is 16.8 Å². The number of thiazole rings is 1. The van der Waals surface area contributed by atoms with Crippen molar-refractivity contribution >= 4 is 34.5 Å². The van der Waals surface area contributed by atoms with Crippen molar-refractivity contribution in [3.63, 3.8) is 0 Å². The zero-order chi connectivity index (χ0) is 14.4. The fourth-order valence-electron chi connectivity index (χ4n) is 1.87. The van der Waals surface area contributed by atoms with Gasteiger partial charge in [-0.15, -0.1) is 11.3 Å². The number of hydrogen-bond acceptors (Lipinski definition) is 4. The van der Waals surface area contributed by atoms with Gasteiger partial charge in [0.15, 0.2) is 0 Å². The van der Waals surface area contributed by atoms with Crippen LogP contribution in [0.3, 0.4) is 0 Å². The summed E-state index contributed by atoms with van der Waals surface area (Å²) in [6.45, 7) is 0.522. The molecule has 1 unspecified atom stereocenters. The molecule has 0 saturated carbocycles. The van der Waals surface area contributed by atoms with Crippen LogP contribution in [0, 0.1) is 0 Å². The van der Waals surface area contributed by atoms with Crippen molar-refractivity contribution in [2.45, 2.75) is 12.3 Å². The average Bonchev–Trinajstić information content (AvgIpc) is 2.93. The number of nitrogens with zero attached hydrogens (tertiary/aromatic N) is 1. The summed E-state index contributed by atoms with van der Waals surface area (Å²) in [5.74, 6) is -0.749. The highest BCUT2D eigenvalue weighted by atomic mass is 32.1. The molecule has 4 nitrogen and oxygen atoms in total. The summed E-state index contributed by atoms with van der Waals surface area (Å²) >= 11 is 6.55. The second-order valence-electron chi connectivity index (χ2n) is 4.27. The molecule has 2 rings (SSSR count). The molecule has 1 atom stereocenters. The van der Waals surface area contributed by atoms with Crippen LogP contribution in [0.5, 0.6) is 0 Å². The van der Waals surface area contributed by atoms with Crippen LogP contribution in [0.2, 0.25) is 0 Å². The Balaban J connectivity index is 1.96. The summed E-state index contributed by atoms with van der Waals surface area (Å²) in [5, 5.41) is 4.83. The molecule has 0 spiro atoms. The van der Waals surface area contributed by atoms with E-state index >= 15 is 0 Å². The fraction of sp³-hybridized carbons (Fsp3) is 0.214. The molecular weight excluding hydrogens is 290 g/mol. The molecule has 0 fully saturated rings. The molecule has 1 aromatic heterocycles. The van der Waals surface area contributed by atoms with Crippen LogP contribution in [-0.4, -0.2) is 22.4 Å². The van der Waals surface area contributed by atoms with Gasteiger partial charge >= 0.3 is 0 Å². The number of nitrogens with one attached hydrogen (secondary N) is 1. The smallest absolute Gasteiger partial charge is 0.234 e. The number of carbonyl (C=O) groups is 1. The zero-order valence-electron chi connectivity index (χ0n) is 10.8. The first-order valence-corrected chi connectivity index (χ1v) is 7.52. The van der Waals surface area contributed by atoms with E-state index < -0.39 is 5.92 Å². The molecule has 6 heteroatoms. The van der Waals surface area contributed by atoms with E-state index in [0.717, 1.165) is 11.3 Å². The lowest BCUT2D eigenvalue weighted by Crippen LogP contribution is -2.37. The summed E-state index contributed by atoms with van der Waals surface area (Å²) in [4.78, 5) is 16.6. The van der Waals surface area contributed by atoms with Gasteiger partial charge in [0, 0.05) is 18.3 Å². The number of carbonyl (C=O) groups excluding carboxylic acids is 1. The van der Waals surface area contributed by atoms with Crippen LogP contribution in [0.25, 0.3) is 0 Å². The highest BCUT2D eigenvalue weighted by Crippen LogP contribution is 2.16. The van der Waals surface area contributed by atoms with Crippen molar-refractivity contribution in [2.24, 2.45) is 5.73 Å². The Labute approximate surface area is 127 Å². The van der Waals surface area contributed by atoms with Crippen LogP contribution < -0.4 is 11.1 Å². The Bertz CT molecular complexity index is 569. The third kappa shape index (κ3) is 3.85. The number of thiocarbonyl (C=S) groups is 1. The van der Waals surface area contributed by atoms with Crippen molar-refractivity contribution in [3.8, 4) is 0 Å². The summed E-state index contributed by atoms with van der Waals surface area (Å²) in [7, 11) is 0. The lowest BCUT2D eigenvalue weighted by atomic mass is 9.98. The predicted molar refractivity (Wildman–Crippen MR) is 84.8 cm³/mol. The molecule has 1 amide bonds. The van der Waals surface area contributed by atoms with Gasteiger partial charge in [-0.25, -0.2) is 4.98 Å². The van der Waals surface area contributed by atoms with Gasteiger partial charge in [-0.1, -0.05) is 42.5 Å². The van der Waals surface area contributed by atoms with Crippen molar-refractivity contribution in [3.05, 3.63) is 52.5 Å². The largest absolute Gasteiger partial charge is 0.392 e. The van der Waals surface area contributed by atoms with Crippen LogP contribution in [0.4, 0.5) is 0 Å². The van der Waals surface area contributed by atoms with Crippen LogP contribution in [0.1, 0.15) is 17.2 Å². The Hall–Kier alpha value is -1.79. The molecule has 3 N–H and O–H groups in total. The van der Waals surface area contributed by atoms with Gasteiger partial charge in [-0.05, 0) is 5.56 Å². The summed E-state index contributed by atoms with van der Waals surface area (Å²) in [5.41, 5.74) is 9.26. The van der Waals surface area contributed by atoms with E-state index in [0.29, 0.717) is 13.0 Å². The molecule has 0 aliphatic heterocycles. The maximum absolute atomic E-state index is 12.2. The summed E-state index contributed by atoms with van der Waals surface area (Å²) in [6.07, 6.45) is 0.702. The number of benzene rings is 1. The first-order chi connectivity index (χ1) is 9.68. The van der Waals surface area contributed by atoms with E-state index in [2.05, 4.69) is 10.3 Å². The van der Waals surface area contributed by atoms with Gasteiger partial charge in [0.2, 0.25) is 5.91 Å². The second-order valence-corrected chi connectivity index (χ2v) is 5.46. The number of aromatic nitrogens is 1. The SMILES string of the molecule is NC(=S)C(C(=O)NCCc1cscn1)c1ccccc1. The van der Waals surface area contributed by atoms with Gasteiger partial charge in [0.05, 0.1) is 16.2 Å².